The molecule has 2 nitrogen and oxygen atoms in total. The van der Waals surface area contributed by atoms with Crippen LogP contribution in [0.15, 0.2) is 18.2 Å². The van der Waals surface area contributed by atoms with E-state index in [0.717, 1.165) is 12.0 Å². The van der Waals surface area contributed by atoms with Crippen molar-refractivity contribution in [1.82, 2.24) is 0 Å². The normalized spacial score (nSPS) is 23.3. The van der Waals surface area contributed by atoms with Gasteiger partial charge >= 0.3 is 5.97 Å². The summed E-state index contributed by atoms with van der Waals surface area (Å²) in [7, 11) is 0. The van der Waals surface area contributed by atoms with Gasteiger partial charge in [-0.1, -0.05) is 25.8 Å². The fraction of sp³-hybridized carbons (Fsp3) is 0.533. The van der Waals surface area contributed by atoms with Crippen molar-refractivity contribution in [2.24, 2.45) is 5.92 Å². The Bertz CT molecular complexity index is 461. The van der Waals surface area contributed by atoms with Gasteiger partial charge in [-0.05, 0) is 36.5 Å². The van der Waals surface area contributed by atoms with Gasteiger partial charge in [0.25, 0.3) is 0 Å². The second-order valence-electron chi connectivity index (χ2n) is 5.32. The zero-order valence-electron chi connectivity index (χ0n) is 11.1. The molecule has 19 heavy (non-hydrogen) atoms. The molecule has 0 amide bonds. The summed E-state index contributed by atoms with van der Waals surface area (Å²) < 4.78 is 13.8. The number of hydrogen-bond donors (Lipinski definition) is 1. The highest BCUT2D eigenvalue weighted by Gasteiger charge is 2.19. The molecule has 0 bridgehead atoms. The molecule has 0 spiro atoms. The van der Waals surface area contributed by atoms with E-state index in [9.17, 15) is 9.18 Å². The Morgan fingerprint density at radius 3 is 2.89 bits per heavy atom. The van der Waals surface area contributed by atoms with E-state index in [4.69, 9.17) is 5.11 Å². The Labute approximate surface area is 117 Å². The lowest BCUT2D eigenvalue weighted by Gasteiger charge is -2.26. The summed E-state index contributed by atoms with van der Waals surface area (Å²) >= 11 is 1.80. The van der Waals surface area contributed by atoms with Crippen LogP contribution in [0.4, 0.5) is 4.39 Å². The topological polar surface area (TPSA) is 37.3 Å². The third kappa shape index (κ3) is 3.96. The predicted octanol–water partition coefficient (Wildman–Crippen LogP) is 4.34. The summed E-state index contributed by atoms with van der Waals surface area (Å²) in [6.45, 7) is 2.27. The molecule has 1 saturated carbocycles. The van der Waals surface area contributed by atoms with Crippen molar-refractivity contribution in [3.63, 3.8) is 0 Å². The highest BCUT2D eigenvalue weighted by Crippen LogP contribution is 2.33. The first kappa shape index (κ1) is 14.4. The molecule has 1 aliphatic carbocycles. The van der Waals surface area contributed by atoms with Crippen LogP contribution >= 0.6 is 11.8 Å². The number of rotatable bonds is 4. The van der Waals surface area contributed by atoms with E-state index in [-0.39, 0.29) is 5.56 Å². The largest absolute Gasteiger partial charge is 0.478 e. The number of carboxylic acids is 1. The first-order chi connectivity index (χ1) is 9.06. The van der Waals surface area contributed by atoms with Crippen molar-refractivity contribution in [3.8, 4) is 0 Å². The van der Waals surface area contributed by atoms with Crippen LogP contribution in [-0.4, -0.2) is 16.3 Å². The Morgan fingerprint density at radius 1 is 1.47 bits per heavy atom. The number of hydrogen-bond acceptors (Lipinski definition) is 2. The van der Waals surface area contributed by atoms with Crippen LogP contribution in [0.1, 0.15) is 48.5 Å². The fourth-order valence-electron chi connectivity index (χ4n) is 2.53. The second kappa shape index (κ2) is 6.42. The SMILES string of the molecule is CC1CCCC(SCc2ccc(C(=O)O)cc2F)C1. The molecule has 1 aromatic carbocycles. The van der Waals surface area contributed by atoms with E-state index in [0.29, 0.717) is 16.6 Å². The first-order valence-corrected chi connectivity index (χ1v) is 7.74. The van der Waals surface area contributed by atoms with E-state index in [1.54, 1.807) is 17.8 Å². The van der Waals surface area contributed by atoms with Crippen molar-refractivity contribution in [2.75, 3.05) is 0 Å². The van der Waals surface area contributed by atoms with Gasteiger partial charge in [0.15, 0.2) is 0 Å². The lowest BCUT2D eigenvalue weighted by atomic mass is 9.91. The van der Waals surface area contributed by atoms with E-state index in [1.165, 1.54) is 31.7 Å². The van der Waals surface area contributed by atoms with Gasteiger partial charge in [0.2, 0.25) is 0 Å². The zero-order valence-corrected chi connectivity index (χ0v) is 11.9. The Kier molecular flexibility index (Phi) is 4.86. The molecule has 1 fully saturated rings. The molecule has 0 aromatic heterocycles. The van der Waals surface area contributed by atoms with E-state index in [2.05, 4.69) is 6.92 Å². The van der Waals surface area contributed by atoms with Gasteiger partial charge < -0.3 is 5.11 Å². The van der Waals surface area contributed by atoms with Crippen molar-refractivity contribution in [1.29, 1.82) is 0 Å². The molecule has 1 aliphatic rings. The van der Waals surface area contributed by atoms with Crippen molar-refractivity contribution in [2.45, 2.75) is 43.6 Å². The summed E-state index contributed by atoms with van der Waals surface area (Å²) in [4.78, 5) is 10.7. The Morgan fingerprint density at radius 2 is 2.26 bits per heavy atom. The highest BCUT2D eigenvalue weighted by atomic mass is 32.2. The van der Waals surface area contributed by atoms with Gasteiger partial charge in [-0.15, -0.1) is 0 Å². The number of benzene rings is 1. The minimum absolute atomic E-state index is 0.0116. The molecule has 1 aromatic rings. The summed E-state index contributed by atoms with van der Waals surface area (Å²) in [6, 6.07) is 4.19. The molecular formula is C15H19FO2S. The van der Waals surface area contributed by atoms with Crippen LogP contribution in [-0.2, 0) is 5.75 Å². The number of halogens is 1. The number of carbonyl (C=O) groups is 1. The number of carboxylic acid groups (broad SMARTS) is 1. The van der Waals surface area contributed by atoms with Gasteiger partial charge in [-0.25, -0.2) is 9.18 Å². The fourth-order valence-corrected chi connectivity index (χ4v) is 3.98. The number of aromatic carboxylic acids is 1. The van der Waals surface area contributed by atoms with Crippen molar-refractivity contribution >= 4 is 17.7 Å². The summed E-state index contributed by atoms with van der Waals surface area (Å²) in [5.74, 6) is -0.0932. The molecule has 2 unspecified atom stereocenters. The van der Waals surface area contributed by atoms with E-state index >= 15 is 0 Å². The Balaban J connectivity index is 1.94. The monoisotopic (exact) mass is 282 g/mol. The lowest BCUT2D eigenvalue weighted by Crippen LogP contribution is -2.15. The van der Waals surface area contributed by atoms with Crippen LogP contribution in [0.5, 0.6) is 0 Å². The molecule has 0 heterocycles. The first-order valence-electron chi connectivity index (χ1n) is 6.69. The van der Waals surface area contributed by atoms with Crippen molar-refractivity contribution in [3.05, 3.63) is 35.1 Å². The van der Waals surface area contributed by atoms with Gasteiger partial charge in [-0.3, -0.25) is 0 Å². The minimum Gasteiger partial charge on any atom is -0.478 e. The maximum Gasteiger partial charge on any atom is 0.335 e. The molecule has 2 rings (SSSR count). The van der Waals surface area contributed by atoms with Gasteiger partial charge in [0.05, 0.1) is 5.56 Å². The van der Waals surface area contributed by atoms with Gasteiger partial charge in [-0.2, -0.15) is 11.8 Å². The molecule has 2 atom stereocenters. The molecule has 0 saturated heterocycles. The van der Waals surface area contributed by atoms with Crippen LogP contribution in [0, 0.1) is 11.7 Å². The third-order valence-electron chi connectivity index (χ3n) is 3.66. The maximum atomic E-state index is 13.8. The van der Waals surface area contributed by atoms with Crippen LogP contribution in [0.3, 0.4) is 0 Å². The molecular weight excluding hydrogens is 263 g/mol. The van der Waals surface area contributed by atoms with Crippen molar-refractivity contribution < 1.29 is 14.3 Å². The summed E-state index contributed by atoms with van der Waals surface area (Å²) in [5.41, 5.74) is 0.616. The third-order valence-corrected chi connectivity index (χ3v) is 5.04. The highest BCUT2D eigenvalue weighted by molar-refractivity contribution is 7.99. The van der Waals surface area contributed by atoms with Gasteiger partial charge in [0.1, 0.15) is 5.82 Å². The summed E-state index contributed by atoms with van der Waals surface area (Å²) in [5, 5.41) is 9.40. The molecule has 4 heteroatoms. The molecule has 0 aliphatic heterocycles. The predicted molar refractivity (Wildman–Crippen MR) is 76.1 cm³/mol. The quantitative estimate of drug-likeness (QED) is 0.892. The second-order valence-corrected chi connectivity index (χ2v) is 6.60. The van der Waals surface area contributed by atoms with Crippen LogP contribution in [0.25, 0.3) is 0 Å². The van der Waals surface area contributed by atoms with Gasteiger partial charge in [0, 0.05) is 11.0 Å². The minimum atomic E-state index is -1.08. The average Bonchev–Trinajstić information content (AvgIpc) is 2.37. The van der Waals surface area contributed by atoms with Crippen LogP contribution in [0.2, 0.25) is 0 Å². The number of thioether (sulfide) groups is 1. The van der Waals surface area contributed by atoms with E-state index in [1.807, 2.05) is 0 Å². The lowest BCUT2D eigenvalue weighted by molar-refractivity contribution is 0.0696. The van der Waals surface area contributed by atoms with Crippen LogP contribution < -0.4 is 0 Å². The average molecular weight is 282 g/mol. The molecule has 1 N–H and O–H groups in total. The summed E-state index contributed by atoms with van der Waals surface area (Å²) in [6.07, 6.45) is 4.99. The Hall–Kier alpha value is -1.03. The zero-order chi connectivity index (χ0) is 13.8. The van der Waals surface area contributed by atoms with E-state index < -0.39 is 11.8 Å². The smallest absolute Gasteiger partial charge is 0.335 e. The standard InChI is InChI=1S/C15H19FO2S/c1-10-3-2-4-13(7-10)19-9-12-6-5-11(15(17)18)8-14(12)16/h5-6,8,10,13H,2-4,7,9H2,1H3,(H,17,18). The maximum absolute atomic E-state index is 13.8. The molecule has 0 radical (unpaired) electrons. The molecule has 104 valence electrons.